The molecule has 0 N–H and O–H groups in total. The summed E-state index contributed by atoms with van der Waals surface area (Å²) in [6.45, 7) is 4.18. The van der Waals surface area contributed by atoms with Crippen LogP contribution in [0, 0.1) is 0 Å². The van der Waals surface area contributed by atoms with Gasteiger partial charge in [-0.15, -0.1) is 17.9 Å². The van der Waals surface area contributed by atoms with Gasteiger partial charge in [0.1, 0.15) is 0 Å². The third-order valence-electron chi connectivity index (χ3n) is 6.09. The first kappa shape index (κ1) is 24.8. The van der Waals surface area contributed by atoms with Gasteiger partial charge < -0.3 is 0 Å². The number of thiazole rings is 1. The molecule has 0 spiro atoms. The molecule has 3 aromatic carbocycles. The molecule has 2 aromatic heterocycles. The Morgan fingerprint density at radius 1 is 0.923 bits per heavy atom. The Bertz CT molecular complexity index is 1670. The van der Waals surface area contributed by atoms with Crippen molar-refractivity contribution in [3.63, 3.8) is 0 Å². The number of hydrogen-bond donors (Lipinski definition) is 0. The van der Waals surface area contributed by atoms with Crippen LogP contribution >= 0.6 is 23.1 Å². The maximum atomic E-state index is 13.1. The van der Waals surface area contributed by atoms with Crippen LogP contribution < -0.4 is 0 Å². The molecule has 0 radical (unpaired) electrons. The van der Waals surface area contributed by atoms with Crippen LogP contribution in [-0.4, -0.2) is 37.3 Å². The number of hydrogen-bond acceptors (Lipinski definition) is 6. The smallest absolute Gasteiger partial charge is 0.267 e. The average molecular weight is 546 g/mol. The highest BCUT2D eigenvalue weighted by Crippen LogP contribution is 2.35. The minimum Gasteiger partial charge on any atom is -0.282 e. The summed E-state index contributed by atoms with van der Waals surface area (Å²) in [6, 6.07) is 30.6. The first-order valence-corrected chi connectivity index (χ1v) is 14.0. The molecule has 3 heterocycles. The Kier molecular flexibility index (Phi) is 7.03. The normalized spacial score (nSPS) is 15.4. The zero-order valence-electron chi connectivity index (χ0n) is 20.8. The van der Waals surface area contributed by atoms with Gasteiger partial charge in [-0.3, -0.25) is 9.69 Å². The van der Waals surface area contributed by atoms with Gasteiger partial charge in [0, 0.05) is 29.2 Å². The van der Waals surface area contributed by atoms with Crippen molar-refractivity contribution in [1.82, 2.24) is 19.7 Å². The van der Waals surface area contributed by atoms with Gasteiger partial charge in [-0.25, -0.2) is 9.67 Å². The zero-order chi connectivity index (χ0) is 26.6. The van der Waals surface area contributed by atoms with Crippen molar-refractivity contribution in [2.24, 2.45) is 4.99 Å². The third kappa shape index (κ3) is 5.25. The number of aliphatic imine (C=N–C) groups is 1. The summed E-state index contributed by atoms with van der Waals surface area (Å²) in [6.07, 6.45) is 5.30. The maximum absolute atomic E-state index is 13.1. The van der Waals surface area contributed by atoms with Crippen molar-refractivity contribution in [2.45, 2.75) is 0 Å². The van der Waals surface area contributed by atoms with E-state index in [0.29, 0.717) is 21.7 Å². The van der Waals surface area contributed by atoms with E-state index in [-0.39, 0.29) is 5.91 Å². The fourth-order valence-electron chi connectivity index (χ4n) is 4.24. The lowest BCUT2D eigenvalue weighted by Gasteiger charge is -2.11. The second-order valence-corrected chi connectivity index (χ2v) is 10.6. The third-order valence-corrected chi connectivity index (χ3v) is 7.77. The van der Waals surface area contributed by atoms with E-state index in [0.717, 1.165) is 33.8 Å². The van der Waals surface area contributed by atoms with E-state index in [4.69, 9.17) is 5.10 Å². The SMILES string of the molecule is C=CCN1C(=O)/C(=C/c2ccc(-n3nc(-c4ccccc4)cc3-c3ccccc3)cc2)S/C1=N/c1nccs1. The molecule has 0 saturated carbocycles. The Morgan fingerprint density at radius 3 is 2.31 bits per heavy atom. The zero-order valence-corrected chi connectivity index (χ0v) is 22.5. The second-order valence-electron chi connectivity index (χ2n) is 8.67. The van der Waals surface area contributed by atoms with Crippen LogP contribution in [0.2, 0.25) is 0 Å². The van der Waals surface area contributed by atoms with E-state index in [1.54, 1.807) is 17.2 Å². The van der Waals surface area contributed by atoms with Gasteiger partial charge >= 0.3 is 0 Å². The number of nitrogens with zero attached hydrogens (tertiary/aromatic N) is 5. The molecule has 6 rings (SSSR count). The molecule has 1 aliphatic rings. The van der Waals surface area contributed by atoms with Crippen LogP contribution in [0.25, 0.3) is 34.3 Å². The minimum absolute atomic E-state index is 0.0924. The van der Waals surface area contributed by atoms with Gasteiger partial charge in [0.25, 0.3) is 5.91 Å². The molecule has 6 nitrogen and oxygen atoms in total. The predicted molar refractivity (Wildman–Crippen MR) is 161 cm³/mol. The molecule has 1 fully saturated rings. The van der Waals surface area contributed by atoms with Crippen molar-refractivity contribution < 1.29 is 4.79 Å². The van der Waals surface area contributed by atoms with E-state index >= 15 is 0 Å². The number of amides is 1. The molecule has 1 saturated heterocycles. The van der Waals surface area contributed by atoms with Crippen LogP contribution in [0.15, 0.2) is 125 Å². The fraction of sp³-hybridized carbons (Fsp3) is 0.0323. The first-order valence-electron chi connectivity index (χ1n) is 12.3. The molecule has 8 heteroatoms. The highest BCUT2D eigenvalue weighted by Gasteiger charge is 2.32. The molecule has 0 unspecified atom stereocenters. The lowest BCUT2D eigenvalue weighted by atomic mass is 10.1. The molecule has 0 bridgehead atoms. The van der Waals surface area contributed by atoms with Gasteiger partial charge in [0.15, 0.2) is 5.17 Å². The monoisotopic (exact) mass is 545 g/mol. The van der Waals surface area contributed by atoms with Gasteiger partial charge in [0.2, 0.25) is 5.13 Å². The number of carbonyl (C=O) groups excluding carboxylic acids is 1. The second kappa shape index (κ2) is 11.1. The number of rotatable bonds is 7. The Labute approximate surface area is 234 Å². The Balaban J connectivity index is 1.33. The minimum atomic E-state index is -0.0924. The molecule has 190 valence electrons. The van der Waals surface area contributed by atoms with Crippen LogP contribution in [0.3, 0.4) is 0 Å². The summed E-state index contributed by atoms with van der Waals surface area (Å²) in [5, 5.41) is 8.04. The molecule has 1 amide bonds. The number of aromatic nitrogens is 3. The maximum Gasteiger partial charge on any atom is 0.267 e. The average Bonchev–Trinajstić information content (AvgIpc) is 3.72. The summed E-state index contributed by atoms with van der Waals surface area (Å²) in [7, 11) is 0. The van der Waals surface area contributed by atoms with Crippen molar-refractivity contribution in [3.8, 4) is 28.2 Å². The summed E-state index contributed by atoms with van der Waals surface area (Å²) in [4.78, 5) is 24.2. The van der Waals surface area contributed by atoms with Crippen molar-refractivity contribution in [3.05, 3.63) is 126 Å². The summed E-state index contributed by atoms with van der Waals surface area (Å²) in [5.41, 5.74) is 5.91. The van der Waals surface area contributed by atoms with Crippen molar-refractivity contribution in [2.75, 3.05) is 6.54 Å². The molecule has 0 atom stereocenters. The highest BCUT2D eigenvalue weighted by molar-refractivity contribution is 8.18. The van der Waals surface area contributed by atoms with Crippen molar-refractivity contribution >= 4 is 45.4 Å². The van der Waals surface area contributed by atoms with Crippen LogP contribution in [0.1, 0.15) is 5.56 Å². The molecule has 5 aromatic rings. The molecular weight excluding hydrogens is 523 g/mol. The largest absolute Gasteiger partial charge is 0.282 e. The number of amidine groups is 1. The number of thioether (sulfide) groups is 1. The molecular formula is C31H23N5OS2. The van der Waals surface area contributed by atoms with E-state index in [1.807, 2.05) is 76.8 Å². The lowest BCUT2D eigenvalue weighted by Crippen LogP contribution is -2.29. The standard InChI is InChI=1S/C31H23N5OS2/c1-2-18-35-29(37)28(39-31(35)33-30-32-17-19-38-30)20-22-13-15-25(16-14-22)36-27(24-11-7-4-8-12-24)21-26(34-36)23-9-5-3-6-10-23/h2-17,19-21H,1,18H2/b28-20-,33-31+. The van der Waals surface area contributed by atoms with Crippen LogP contribution in [-0.2, 0) is 4.79 Å². The van der Waals surface area contributed by atoms with Gasteiger partial charge in [-0.05, 0) is 41.6 Å². The Hall–Kier alpha value is -4.53. The predicted octanol–water partition coefficient (Wildman–Crippen LogP) is 7.45. The number of carbonyl (C=O) groups is 1. The van der Waals surface area contributed by atoms with Gasteiger partial charge in [-0.1, -0.05) is 78.9 Å². The molecule has 1 aliphatic heterocycles. The van der Waals surface area contributed by atoms with Gasteiger partial charge in [0.05, 0.1) is 22.0 Å². The van der Waals surface area contributed by atoms with E-state index in [9.17, 15) is 4.79 Å². The topological polar surface area (TPSA) is 63.4 Å². The van der Waals surface area contributed by atoms with Crippen LogP contribution in [0.5, 0.6) is 0 Å². The van der Waals surface area contributed by atoms with E-state index in [2.05, 4.69) is 46.9 Å². The quantitative estimate of drug-likeness (QED) is 0.157. The summed E-state index contributed by atoms with van der Waals surface area (Å²) >= 11 is 2.78. The number of benzene rings is 3. The van der Waals surface area contributed by atoms with Crippen molar-refractivity contribution in [1.29, 1.82) is 0 Å². The lowest BCUT2D eigenvalue weighted by molar-refractivity contribution is -0.121. The molecule has 39 heavy (non-hydrogen) atoms. The van der Waals surface area contributed by atoms with Gasteiger partial charge in [-0.2, -0.15) is 10.1 Å². The van der Waals surface area contributed by atoms with Crippen LogP contribution in [0.4, 0.5) is 5.13 Å². The van der Waals surface area contributed by atoms with E-state index < -0.39 is 0 Å². The fourth-order valence-corrected chi connectivity index (χ4v) is 5.79. The summed E-state index contributed by atoms with van der Waals surface area (Å²) < 4.78 is 1.97. The Morgan fingerprint density at radius 2 is 1.64 bits per heavy atom. The van der Waals surface area contributed by atoms with E-state index in [1.165, 1.54) is 23.1 Å². The molecule has 0 aliphatic carbocycles. The summed E-state index contributed by atoms with van der Waals surface area (Å²) in [5.74, 6) is -0.0924. The highest BCUT2D eigenvalue weighted by atomic mass is 32.2. The first-order chi connectivity index (χ1) is 19.2.